The van der Waals surface area contributed by atoms with Crippen LogP contribution < -0.4 is 0 Å². The fourth-order valence-corrected chi connectivity index (χ4v) is 3.56. The van der Waals surface area contributed by atoms with Crippen LogP contribution in [0.25, 0.3) is 0 Å². The van der Waals surface area contributed by atoms with Crippen molar-refractivity contribution in [2.24, 2.45) is 5.92 Å². The highest BCUT2D eigenvalue weighted by molar-refractivity contribution is 5.78. The molecule has 2 saturated heterocycles. The first kappa shape index (κ1) is 16.5. The fraction of sp³-hybridized carbons (Fsp3) is 0.765. The van der Waals surface area contributed by atoms with E-state index in [2.05, 4.69) is 30.8 Å². The summed E-state index contributed by atoms with van der Waals surface area (Å²) >= 11 is 0. The molecule has 1 amide bonds. The maximum atomic E-state index is 12.6. The van der Waals surface area contributed by atoms with Crippen LogP contribution in [0.5, 0.6) is 0 Å². The Balaban J connectivity index is 1.57. The molecule has 2 aliphatic rings. The second kappa shape index (κ2) is 7.01. The number of nitrogens with zero attached hydrogens (tertiary/aromatic N) is 4. The van der Waals surface area contributed by atoms with E-state index in [0.717, 1.165) is 45.1 Å². The van der Waals surface area contributed by atoms with Gasteiger partial charge in [-0.1, -0.05) is 6.92 Å². The van der Waals surface area contributed by atoms with Crippen molar-refractivity contribution in [3.05, 3.63) is 18.0 Å². The molecule has 2 fully saturated rings. The summed E-state index contributed by atoms with van der Waals surface area (Å²) in [5, 5.41) is 4.49. The van der Waals surface area contributed by atoms with Crippen LogP contribution in [0.15, 0.2) is 12.3 Å². The summed E-state index contributed by atoms with van der Waals surface area (Å²) in [4.78, 5) is 17.1. The van der Waals surface area contributed by atoms with Crippen molar-refractivity contribution in [3.8, 4) is 0 Å². The Morgan fingerprint density at radius 3 is 2.74 bits per heavy atom. The molecule has 128 valence electrons. The van der Waals surface area contributed by atoms with E-state index in [9.17, 15) is 4.79 Å². The summed E-state index contributed by atoms with van der Waals surface area (Å²) < 4.78 is 7.35. The molecule has 6 nitrogen and oxygen atoms in total. The van der Waals surface area contributed by atoms with Crippen LogP contribution >= 0.6 is 0 Å². The van der Waals surface area contributed by atoms with Crippen LogP contribution in [-0.2, 0) is 16.0 Å². The van der Waals surface area contributed by atoms with Crippen molar-refractivity contribution in [2.75, 3.05) is 39.4 Å². The van der Waals surface area contributed by atoms with E-state index in [-0.39, 0.29) is 5.91 Å². The summed E-state index contributed by atoms with van der Waals surface area (Å²) in [5.74, 6) is 0.715. The van der Waals surface area contributed by atoms with Crippen LogP contribution in [-0.4, -0.2) is 70.9 Å². The fourth-order valence-electron chi connectivity index (χ4n) is 3.56. The van der Waals surface area contributed by atoms with Gasteiger partial charge in [-0.25, -0.2) is 0 Å². The number of rotatable bonds is 4. The molecule has 2 atom stereocenters. The molecule has 0 saturated carbocycles. The van der Waals surface area contributed by atoms with Gasteiger partial charge in [-0.15, -0.1) is 0 Å². The maximum absolute atomic E-state index is 12.6. The average Bonchev–Trinajstić information content (AvgIpc) is 3.15. The number of carbonyl (C=O) groups excluding carboxylic acids is 1. The van der Waals surface area contributed by atoms with E-state index in [1.165, 1.54) is 0 Å². The topological polar surface area (TPSA) is 50.6 Å². The van der Waals surface area contributed by atoms with Crippen molar-refractivity contribution < 1.29 is 9.53 Å². The van der Waals surface area contributed by atoms with Gasteiger partial charge in [0.05, 0.1) is 25.3 Å². The number of aromatic nitrogens is 2. The zero-order valence-corrected chi connectivity index (χ0v) is 14.4. The van der Waals surface area contributed by atoms with Gasteiger partial charge >= 0.3 is 0 Å². The molecule has 1 aromatic rings. The predicted molar refractivity (Wildman–Crippen MR) is 88.2 cm³/mol. The van der Waals surface area contributed by atoms with Gasteiger partial charge in [0, 0.05) is 44.5 Å². The lowest BCUT2D eigenvalue weighted by molar-refractivity contribution is -0.129. The molecule has 1 aromatic heterocycles. The smallest absolute Gasteiger partial charge is 0.228 e. The molecule has 0 spiro atoms. The number of amides is 1. The molecule has 3 rings (SSSR count). The van der Waals surface area contributed by atoms with Crippen molar-refractivity contribution in [3.63, 3.8) is 0 Å². The molecule has 0 unspecified atom stereocenters. The third-order valence-electron chi connectivity index (χ3n) is 4.97. The Hall–Kier alpha value is -1.40. The zero-order chi connectivity index (χ0) is 16.4. The average molecular weight is 320 g/mol. The quantitative estimate of drug-likeness (QED) is 0.836. The lowest BCUT2D eigenvalue weighted by Gasteiger charge is -2.33. The van der Waals surface area contributed by atoms with Crippen LogP contribution in [0.2, 0.25) is 0 Å². The number of ether oxygens (including phenoxy) is 1. The summed E-state index contributed by atoms with van der Waals surface area (Å²) in [6, 6.07) is 2.75. The first-order valence-corrected chi connectivity index (χ1v) is 8.68. The lowest BCUT2D eigenvalue weighted by atomic mass is 10.0. The third-order valence-corrected chi connectivity index (χ3v) is 4.97. The maximum Gasteiger partial charge on any atom is 0.228 e. The van der Waals surface area contributed by atoms with Gasteiger partial charge in [0.2, 0.25) is 5.91 Å². The lowest BCUT2D eigenvalue weighted by Crippen LogP contribution is -2.47. The molecule has 0 bridgehead atoms. The van der Waals surface area contributed by atoms with E-state index in [1.54, 1.807) is 0 Å². The molecule has 6 heteroatoms. The van der Waals surface area contributed by atoms with E-state index < -0.39 is 0 Å². The zero-order valence-electron chi connectivity index (χ0n) is 14.4. The predicted octanol–water partition coefficient (Wildman–Crippen LogP) is 1.19. The highest BCUT2D eigenvalue weighted by Gasteiger charge is 2.36. The second-order valence-corrected chi connectivity index (χ2v) is 7.05. The highest BCUT2D eigenvalue weighted by atomic mass is 16.5. The molecule has 0 aliphatic carbocycles. The summed E-state index contributed by atoms with van der Waals surface area (Å²) in [5.41, 5.74) is 0.867. The largest absolute Gasteiger partial charge is 0.379 e. The minimum Gasteiger partial charge on any atom is -0.379 e. The van der Waals surface area contributed by atoms with Gasteiger partial charge < -0.3 is 9.64 Å². The van der Waals surface area contributed by atoms with Crippen LogP contribution in [0.4, 0.5) is 0 Å². The minimum absolute atomic E-state index is 0.196. The molecule has 0 radical (unpaired) electrons. The Morgan fingerprint density at radius 2 is 2.09 bits per heavy atom. The number of carbonyl (C=O) groups is 1. The van der Waals surface area contributed by atoms with Gasteiger partial charge in [0.1, 0.15) is 0 Å². The van der Waals surface area contributed by atoms with E-state index in [1.807, 2.05) is 21.8 Å². The Labute approximate surface area is 138 Å². The number of hydrogen-bond acceptors (Lipinski definition) is 4. The van der Waals surface area contributed by atoms with Crippen molar-refractivity contribution >= 4 is 5.91 Å². The standard InChI is InChI=1S/C17H28N4O2/c1-13(2)21-5-4-15(18-21)10-17(22)20-11-14(3)16(12-20)19-6-8-23-9-7-19/h4-5,13-14,16H,6-12H2,1-3H3/t14-,16+/m0/s1. The normalized spacial score (nSPS) is 26.2. The van der Waals surface area contributed by atoms with Gasteiger partial charge in [-0.2, -0.15) is 5.10 Å². The molecular formula is C17H28N4O2. The van der Waals surface area contributed by atoms with Gasteiger partial charge in [-0.3, -0.25) is 14.4 Å². The van der Waals surface area contributed by atoms with Crippen molar-refractivity contribution in [1.29, 1.82) is 0 Å². The van der Waals surface area contributed by atoms with Gasteiger partial charge in [-0.05, 0) is 25.8 Å². The second-order valence-electron chi connectivity index (χ2n) is 7.05. The van der Waals surface area contributed by atoms with Crippen molar-refractivity contribution in [2.45, 2.75) is 39.3 Å². The third kappa shape index (κ3) is 3.75. The molecule has 0 N–H and O–H groups in total. The highest BCUT2D eigenvalue weighted by Crippen LogP contribution is 2.23. The molecule has 2 aliphatic heterocycles. The SMILES string of the molecule is CC(C)n1ccc(CC(=O)N2C[C@@H](N3CCOCC3)[C@@H](C)C2)n1. The van der Waals surface area contributed by atoms with Crippen LogP contribution in [0.3, 0.4) is 0 Å². The van der Waals surface area contributed by atoms with Gasteiger partial charge in [0.25, 0.3) is 0 Å². The van der Waals surface area contributed by atoms with Crippen LogP contribution in [0.1, 0.15) is 32.5 Å². The summed E-state index contributed by atoms with van der Waals surface area (Å²) in [6.45, 7) is 11.7. The van der Waals surface area contributed by atoms with E-state index in [0.29, 0.717) is 24.4 Å². The molecular weight excluding hydrogens is 292 g/mol. The first-order valence-electron chi connectivity index (χ1n) is 8.68. The first-order chi connectivity index (χ1) is 11.0. The molecule has 23 heavy (non-hydrogen) atoms. The minimum atomic E-state index is 0.196. The number of likely N-dealkylation sites (tertiary alicyclic amines) is 1. The molecule has 0 aromatic carbocycles. The van der Waals surface area contributed by atoms with Gasteiger partial charge in [0.15, 0.2) is 0 Å². The Morgan fingerprint density at radius 1 is 1.35 bits per heavy atom. The monoisotopic (exact) mass is 320 g/mol. The van der Waals surface area contributed by atoms with E-state index in [4.69, 9.17) is 4.74 Å². The number of hydrogen-bond donors (Lipinski definition) is 0. The van der Waals surface area contributed by atoms with Crippen LogP contribution in [0, 0.1) is 5.92 Å². The Bertz CT molecular complexity index is 536. The Kier molecular flexibility index (Phi) is 5.02. The van der Waals surface area contributed by atoms with E-state index >= 15 is 0 Å². The number of morpholine rings is 1. The summed E-state index contributed by atoms with van der Waals surface area (Å²) in [7, 11) is 0. The molecule has 3 heterocycles. The summed E-state index contributed by atoms with van der Waals surface area (Å²) in [6.07, 6.45) is 2.36. The van der Waals surface area contributed by atoms with Crippen molar-refractivity contribution in [1.82, 2.24) is 19.6 Å².